The Morgan fingerprint density at radius 2 is 1.71 bits per heavy atom. The van der Waals surface area contributed by atoms with Gasteiger partial charge in [0, 0.05) is 21.8 Å². The maximum atomic E-state index is 13.7. The van der Waals surface area contributed by atoms with Gasteiger partial charge < -0.3 is 10.4 Å². The van der Waals surface area contributed by atoms with Crippen molar-refractivity contribution in [1.82, 2.24) is 0 Å². The van der Waals surface area contributed by atoms with Crippen molar-refractivity contribution in [1.29, 1.82) is 0 Å². The van der Waals surface area contributed by atoms with Crippen LogP contribution in [0, 0.1) is 17.5 Å². The first-order valence-corrected chi connectivity index (χ1v) is 6.57. The van der Waals surface area contributed by atoms with Gasteiger partial charge in [-0.25, -0.2) is 18.0 Å². The summed E-state index contributed by atoms with van der Waals surface area (Å²) in [5.41, 5.74) is -0.105. The zero-order chi connectivity index (χ0) is 15.6. The van der Waals surface area contributed by atoms with E-state index in [1.165, 1.54) is 0 Å². The third kappa shape index (κ3) is 3.36. The summed E-state index contributed by atoms with van der Waals surface area (Å²) in [6.07, 6.45) is 0. The van der Waals surface area contributed by atoms with Crippen molar-refractivity contribution in [3.05, 3.63) is 63.9 Å². The number of hydrogen-bond donors (Lipinski definition) is 2. The van der Waals surface area contributed by atoms with E-state index < -0.39 is 35.0 Å². The molecule has 0 saturated carbocycles. The van der Waals surface area contributed by atoms with Crippen LogP contribution in [-0.2, 0) is 4.79 Å². The Bertz CT molecular complexity index is 694. The first-order chi connectivity index (χ1) is 9.90. The molecular weight excluding hydrogens is 351 g/mol. The molecule has 0 amide bonds. The summed E-state index contributed by atoms with van der Waals surface area (Å²) < 4.78 is 40.4. The lowest BCUT2D eigenvalue weighted by Gasteiger charge is -2.18. The van der Waals surface area contributed by atoms with E-state index in [0.29, 0.717) is 22.3 Å². The van der Waals surface area contributed by atoms with Crippen molar-refractivity contribution < 1.29 is 23.1 Å². The molecule has 0 saturated heterocycles. The number of carbonyl (C=O) groups is 1. The summed E-state index contributed by atoms with van der Waals surface area (Å²) in [4.78, 5) is 11.3. The molecule has 0 aliphatic rings. The van der Waals surface area contributed by atoms with Gasteiger partial charge in [0.15, 0.2) is 17.7 Å². The van der Waals surface area contributed by atoms with Gasteiger partial charge in [0.25, 0.3) is 0 Å². The molecular formula is C14H9BrF3NO2. The van der Waals surface area contributed by atoms with Crippen LogP contribution in [0.1, 0.15) is 11.6 Å². The second-order valence-corrected chi connectivity index (χ2v) is 5.04. The summed E-state index contributed by atoms with van der Waals surface area (Å²) in [7, 11) is 0. The van der Waals surface area contributed by atoms with Gasteiger partial charge in [0.05, 0.1) is 0 Å². The Kier molecular flexibility index (Phi) is 4.52. The number of anilines is 1. The quantitative estimate of drug-likeness (QED) is 0.807. The second-order valence-electron chi connectivity index (χ2n) is 4.18. The van der Waals surface area contributed by atoms with Crippen molar-refractivity contribution >= 4 is 27.6 Å². The molecule has 0 aliphatic carbocycles. The molecule has 0 fully saturated rings. The van der Waals surface area contributed by atoms with Crippen molar-refractivity contribution in [3.63, 3.8) is 0 Å². The minimum Gasteiger partial charge on any atom is -0.479 e. The number of nitrogens with one attached hydrogen (secondary N) is 1. The summed E-state index contributed by atoms with van der Waals surface area (Å²) in [5, 5.41) is 11.8. The molecule has 0 heterocycles. The van der Waals surface area contributed by atoms with Gasteiger partial charge in [0.2, 0.25) is 0 Å². The van der Waals surface area contributed by atoms with E-state index in [1.807, 2.05) is 0 Å². The number of halogens is 4. The second kappa shape index (κ2) is 6.17. The Labute approximate surface area is 126 Å². The number of aliphatic carboxylic acids is 1. The highest BCUT2D eigenvalue weighted by molar-refractivity contribution is 9.10. The lowest BCUT2D eigenvalue weighted by Crippen LogP contribution is -2.22. The Balaban J connectivity index is 2.43. The lowest BCUT2D eigenvalue weighted by molar-refractivity contribution is -0.138. The normalized spacial score (nSPS) is 12.0. The largest absolute Gasteiger partial charge is 0.479 e. The van der Waals surface area contributed by atoms with Crippen LogP contribution >= 0.6 is 15.9 Å². The molecule has 1 unspecified atom stereocenters. The molecule has 2 aromatic carbocycles. The molecule has 0 radical (unpaired) electrons. The third-order valence-corrected chi connectivity index (χ3v) is 3.46. The van der Waals surface area contributed by atoms with Crippen molar-refractivity contribution in [3.8, 4) is 0 Å². The molecule has 0 bridgehead atoms. The van der Waals surface area contributed by atoms with Gasteiger partial charge in [-0.1, -0.05) is 12.1 Å². The van der Waals surface area contributed by atoms with E-state index in [1.54, 1.807) is 24.3 Å². The first kappa shape index (κ1) is 15.4. The average Bonchev–Trinajstić information content (AvgIpc) is 2.42. The molecule has 110 valence electrons. The summed E-state index contributed by atoms with van der Waals surface area (Å²) >= 11 is 3.21. The molecule has 2 N–H and O–H groups in total. The molecule has 1 atom stereocenters. The highest BCUT2D eigenvalue weighted by atomic mass is 79.9. The highest BCUT2D eigenvalue weighted by Crippen LogP contribution is 2.28. The smallest absolute Gasteiger partial charge is 0.330 e. The van der Waals surface area contributed by atoms with Crippen LogP contribution in [0.5, 0.6) is 0 Å². The third-order valence-electron chi connectivity index (χ3n) is 2.77. The number of hydrogen-bond acceptors (Lipinski definition) is 2. The molecule has 3 nitrogen and oxygen atoms in total. The molecule has 2 rings (SSSR count). The lowest BCUT2D eigenvalue weighted by atomic mass is 10.1. The van der Waals surface area contributed by atoms with Crippen LogP contribution in [-0.4, -0.2) is 11.1 Å². The predicted octanol–water partition coefficient (Wildman–Crippen LogP) is 4.10. The SMILES string of the molecule is O=C(O)C(Nc1ccccc1Br)c1cc(F)c(F)cc1F. The maximum Gasteiger partial charge on any atom is 0.330 e. The fourth-order valence-corrected chi connectivity index (χ4v) is 2.16. The van der Waals surface area contributed by atoms with E-state index in [-0.39, 0.29) is 0 Å². The molecule has 0 aliphatic heterocycles. The molecule has 7 heteroatoms. The zero-order valence-corrected chi connectivity index (χ0v) is 12.0. The predicted molar refractivity (Wildman–Crippen MR) is 74.5 cm³/mol. The zero-order valence-electron chi connectivity index (χ0n) is 10.4. The van der Waals surface area contributed by atoms with E-state index in [4.69, 9.17) is 0 Å². The summed E-state index contributed by atoms with van der Waals surface area (Å²) in [6, 6.07) is 5.88. The van der Waals surface area contributed by atoms with E-state index >= 15 is 0 Å². The van der Waals surface area contributed by atoms with Crippen LogP contribution in [0.25, 0.3) is 0 Å². The van der Waals surface area contributed by atoms with Crippen molar-refractivity contribution in [2.24, 2.45) is 0 Å². The monoisotopic (exact) mass is 359 g/mol. The molecule has 0 spiro atoms. The number of para-hydroxylation sites is 1. The summed E-state index contributed by atoms with van der Waals surface area (Å²) in [5.74, 6) is -5.25. The Hall–Kier alpha value is -2.02. The van der Waals surface area contributed by atoms with Gasteiger partial charge in [-0.05, 0) is 34.1 Å². The van der Waals surface area contributed by atoms with Crippen molar-refractivity contribution in [2.45, 2.75) is 6.04 Å². The standard InChI is InChI=1S/C14H9BrF3NO2/c15-8-3-1-2-4-12(8)19-13(14(20)21)7-5-10(17)11(18)6-9(7)16/h1-6,13,19H,(H,20,21). The fourth-order valence-electron chi connectivity index (χ4n) is 1.77. The van der Waals surface area contributed by atoms with Gasteiger partial charge in [0.1, 0.15) is 5.82 Å². The van der Waals surface area contributed by atoms with Gasteiger partial charge in [-0.15, -0.1) is 0 Å². The van der Waals surface area contributed by atoms with Gasteiger partial charge in [-0.3, -0.25) is 0 Å². The van der Waals surface area contributed by atoms with Gasteiger partial charge in [-0.2, -0.15) is 0 Å². The highest BCUT2D eigenvalue weighted by Gasteiger charge is 2.25. The number of carboxylic acids is 1. The van der Waals surface area contributed by atoms with E-state index in [9.17, 15) is 23.1 Å². The number of benzene rings is 2. The maximum absolute atomic E-state index is 13.7. The number of carboxylic acid groups (broad SMARTS) is 1. The van der Waals surface area contributed by atoms with Gasteiger partial charge >= 0.3 is 5.97 Å². The topological polar surface area (TPSA) is 49.3 Å². The van der Waals surface area contributed by atoms with Crippen LogP contribution in [0.2, 0.25) is 0 Å². The first-order valence-electron chi connectivity index (χ1n) is 5.78. The van der Waals surface area contributed by atoms with Crippen LogP contribution in [0.4, 0.5) is 18.9 Å². The van der Waals surface area contributed by atoms with Crippen molar-refractivity contribution in [2.75, 3.05) is 5.32 Å². The minimum absolute atomic E-state index is 0.322. The summed E-state index contributed by atoms with van der Waals surface area (Å²) in [6.45, 7) is 0. The molecule has 21 heavy (non-hydrogen) atoms. The fraction of sp³-hybridized carbons (Fsp3) is 0.0714. The molecule has 2 aromatic rings. The van der Waals surface area contributed by atoms with Crippen LogP contribution < -0.4 is 5.32 Å². The minimum atomic E-state index is -1.56. The number of rotatable bonds is 4. The Morgan fingerprint density at radius 3 is 2.33 bits per heavy atom. The average molecular weight is 360 g/mol. The van der Waals surface area contributed by atoms with Crippen LogP contribution in [0.3, 0.4) is 0 Å². The van der Waals surface area contributed by atoms with E-state index in [2.05, 4.69) is 21.2 Å². The van der Waals surface area contributed by atoms with E-state index in [0.717, 1.165) is 0 Å². The Morgan fingerprint density at radius 1 is 1.10 bits per heavy atom. The van der Waals surface area contributed by atoms with Crippen LogP contribution in [0.15, 0.2) is 40.9 Å². The molecule has 0 aromatic heterocycles.